The number of rotatable bonds is 4. The first kappa shape index (κ1) is 11.5. The van der Waals surface area contributed by atoms with Gasteiger partial charge in [0.1, 0.15) is 0 Å². The quantitative estimate of drug-likeness (QED) is 0.792. The van der Waals surface area contributed by atoms with E-state index in [4.69, 9.17) is 0 Å². The summed E-state index contributed by atoms with van der Waals surface area (Å²) >= 11 is 0.908. The summed E-state index contributed by atoms with van der Waals surface area (Å²) in [6, 6.07) is -0.00223. The third kappa shape index (κ3) is 2.23. The summed E-state index contributed by atoms with van der Waals surface area (Å²) in [6.45, 7) is 0. The predicted octanol–water partition coefficient (Wildman–Crippen LogP) is 0.370. The molecule has 88 valence electrons. The van der Waals surface area contributed by atoms with Crippen molar-refractivity contribution < 1.29 is 17.9 Å². The number of methoxy groups -OCH3 is 1. The Morgan fingerprint density at radius 2 is 2.31 bits per heavy atom. The molecule has 0 bridgehead atoms. The summed E-state index contributed by atoms with van der Waals surface area (Å²) in [6.07, 6.45) is 1.68. The highest BCUT2D eigenvalue weighted by Crippen LogP contribution is 2.25. The number of hydrogen-bond donors (Lipinski definition) is 1. The molecule has 0 saturated heterocycles. The molecule has 1 saturated carbocycles. The summed E-state index contributed by atoms with van der Waals surface area (Å²) < 4.78 is 30.5. The van der Waals surface area contributed by atoms with E-state index in [1.54, 1.807) is 0 Å². The standard InChI is InChI=1S/C8H10N2O4S2/c1-14-7(11)6-8(15-4-9-6)16(12,13)10-5-2-3-5/h4-5,10H,2-3H2,1H3. The van der Waals surface area contributed by atoms with Crippen LogP contribution in [0.5, 0.6) is 0 Å². The van der Waals surface area contributed by atoms with E-state index in [-0.39, 0.29) is 15.9 Å². The van der Waals surface area contributed by atoms with E-state index in [0.717, 1.165) is 24.2 Å². The molecule has 6 nitrogen and oxygen atoms in total. The van der Waals surface area contributed by atoms with Crippen LogP contribution >= 0.6 is 11.3 Å². The number of esters is 1. The molecular formula is C8H10N2O4S2. The van der Waals surface area contributed by atoms with Gasteiger partial charge in [-0.3, -0.25) is 0 Å². The Labute approximate surface area is 96.7 Å². The van der Waals surface area contributed by atoms with Crippen molar-refractivity contribution in [3.63, 3.8) is 0 Å². The first-order chi connectivity index (χ1) is 7.54. The number of carbonyl (C=O) groups is 1. The number of thiazole rings is 1. The summed E-state index contributed by atoms with van der Waals surface area (Å²) in [5.41, 5.74) is 1.16. The van der Waals surface area contributed by atoms with Crippen molar-refractivity contribution in [2.24, 2.45) is 0 Å². The monoisotopic (exact) mass is 262 g/mol. The van der Waals surface area contributed by atoms with Crippen LogP contribution in [0.25, 0.3) is 0 Å². The molecule has 1 N–H and O–H groups in total. The van der Waals surface area contributed by atoms with Crippen LogP contribution in [0.4, 0.5) is 0 Å². The lowest BCUT2D eigenvalue weighted by Crippen LogP contribution is -2.26. The highest BCUT2D eigenvalue weighted by molar-refractivity contribution is 7.91. The largest absolute Gasteiger partial charge is 0.464 e. The van der Waals surface area contributed by atoms with Crippen molar-refractivity contribution in [2.45, 2.75) is 23.1 Å². The van der Waals surface area contributed by atoms with Gasteiger partial charge in [0.25, 0.3) is 10.0 Å². The predicted molar refractivity (Wildman–Crippen MR) is 56.8 cm³/mol. The van der Waals surface area contributed by atoms with Gasteiger partial charge in [-0.15, -0.1) is 11.3 Å². The van der Waals surface area contributed by atoms with E-state index < -0.39 is 16.0 Å². The van der Waals surface area contributed by atoms with Gasteiger partial charge in [-0.05, 0) is 12.8 Å². The number of hydrogen-bond acceptors (Lipinski definition) is 6. The molecular weight excluding hydrogens is 252 g/mol. The Hall–Kier alpha value is -0.990. The molecule has 0 radical (unpaired) electrons. The van der Waals surface area contributed by atoms with Gasteiger partial charge in [-0.1, -0.05) is 0 Å². The second kappa shape index (κ2) is 4.11. The van der Waals surface area contributed by atoms with Crippen molar-refractivity contribution in [1.29, 1.82) is 0 Å². The molecule has 8 heteroatoms. The van der Waals surface area contributed by atoms with E-state index in [9.17, 15) is 13.2 Å². The maximum atomic E-state index is 11.8. The Kier molecular flexibility index (Phi) is 2.96. The van der Waals surface area contributed by atoms with Crippen LogP contribution in [-0.4, -0.2) is 32.5 Å². The second-order valence-corrected chi connectivity index (χ2v) is 6.14. The van der Waals surface area contributed by atoms with Crippen LogP contribution in [0, 0.1) is 0 Å². The SMILES string of the molecule is COC(=O)c1ncsc1S(=O)(=O)NC1CC1. The lowest BCUT2D eigenvalue weighted by molar-refractivity contribution is 0.0590. The van der Waals surface area contributed by atoms with Crippen LogP contribution in [0.1, 0.15) is 23.3 Å². The van der Waals surface area contributed by atoms with Crippen LogP contribution in [0.3, 0.4) is 0 Å². The molecule has 1 aromatic rings. The third-order valence-electron chi connectivity index (χ3n) is 2.06. The Balaban J connectivity index is 2.32. The lowest BCUT2D eigenvalue weighted by Gasteiger charge is -2.03. The third-order valence-corrected chi connectivity index (χ3v) is 4.95. The molecule has 16 heavy (non-hydrogen) atoms. The Morgan fingerprint density at radius 3 is 2.88 bits per heavy atom. The first-order valence-electron chi connectivity index (χ1n) is 4.58. The zero-order valence-corrected chi connectivity index (χ0v) is 10.1. The molecule has 2 rings (SSSR count). The van der Waals surface area contributed by atoms with Crippen molar-refractivity contribution in [2.75, 3.05) is 7.11 Å². The van der Waals surface area contributed by atoms with E-state index in [0.29, 0.717) is 0 Å². The first-order valence-corrected chi connectivity index (χ1v) is 6.95. The van der Waals surface area contributed by atoms with E-state index in [1.807, 2.05) is 0 Å². The zero-order valence-electron chi connectivity index (χ0n) is 8.47. The highest BCUT2D eigenvalue weighted by atomic mass is 32.2. The molecule has 1 aliphatic carbocycles. The molecule has 0 spiro atoms. The number of carbonyl (C=O) groups excluding carboxylic acids is 1. The summed E-state index contributed by atoms with van der Waals surface area (Å²) in [5.74, 6) is -0.738. The number of aromatic nitrogens is 1. The molecule has 0 aromatic carbocycles. The lowest BCUT2D eigenvalue weighted by atomic mass is 10.5. The van der Waals surface area contributed by atoms with Gasteiger partial charge in [0.05, 0.1) is 12.6 Å². The summed E-state index contributed by atoms with van der Waals surface area (Å²) in [7, 11) is -2.45. The maximum Gasteiger partial charge on any atom is 0.358 e. The van der Waals surface area contributed by atoms with Gasteiger partial charge in [0.2, 0.25) is 0 Å². The summed E-state index contributed by atoms with van der Waals surface area (Å²) in [5, 5.41) is 0. The Morgan fingerprint density at radius 1 is 1.62 bits per heavy atom. The molecule has 1 heterocycles. The smallest absolute Gasteiger partial charge is 0.358 e. The van der Waals surface area contributed by atoms with Crippen LogP contribution in [-0.2, 0) is 14.8 Å². The molecule has 0 aliphatic heterocycles. The molecule has 1 fully saturated rings. The fourth-order valence-electron chi connectivity index (χ4n) is 1.13. The van der Waals surface area contributed by atoms with E-state index >= 15 is 0 Å². The van der Waals surface area contributed by atoms with Crippen LogP contribution < -0.4 is 4.72 Å². The van der Waals surface area contributed by atoms with E-state index in [1.165, 1.54) is 12.6 Å². The normalized spacial score (nSPS) is 16.1. The average Bonchev–Trinajstić information content (AvgIpc) is 2.88. The maximum absolute atomic E-state index is 11.8. The molecule has 0 unspecified atom stereocenters. The number of sulfonamides is 1. The minimum absolute atomic E-state index is 0.00223. The van der Waals surface area contributed by atoms with Crippen molar-refractivity contribution in [3.8, 4) is 0 Å². The number of ether oxygens (including phenoxy) is 1. The van der Waals surface area contributed by atoms with Gasteiger partial charge < -0.3 is 4.74 Å². The van der Waals surface area contributed by atoms with Crippen molar-refractivity contribution in [1.82, 2.24) is 9.71 Å². The molecule has 1 aliphatic rings. The fourth-order valence-corrected chi connectivity index (χ4v) is 3.59. The number of nitrogens with zero attached hydrogens (tertiary/aromatic N) is 1. The topological polar surface area (TPSA) is 85.4 Å². The summed E-state index contributed by atoms with van der Waals surface area (Å²) in [4.78, 5) is 15.0. The van der Waals surface area contributed by atoms with Gasteiger partial charge in [-0.2, -0.15) is 0 Å². The van der Waals surface area contributed by atoms with Gasteiger partial charge >= 0.3 is 5.97 Å². The van der Waals surface area contributed by atoms with E-state index in [2.05, 4.69) is 14.4 Å². The Bertz CT molecular complexity index is 504. The average molecular weight is 262 g/mol. The zero-order chi connectivity index (χ0) is 11.8. The second-order valence-electron chi connectivity index (χ2n) is 3.38. The van der Waals surface area contributed by atoms with Gasteiger partial charge in [0, 0.05) is 6.04 Å². The van der Waals surface area contributed by atoms with Crippen LogP contribution in [0.2, 0.25) is 0 Å². The highest BCUT2D eigenvalue weighted by Gasteiger charge is 2.32. The van der Waals surface area contributed by atoms with Crippen molar-refractivity contribution in [3.05, 3.63) is 11.2 Å². The van der Waals surface area contributed by atoms with Crippen LogP contribution in [0.15, 0.2) is 9.72 Å². The number of nitrogens with one attached hydrogen (secondary N) is 1. The minimum Gasteiger partial charge on any atom is -0.464 e. The molecule has 0 atom stereocenters. The minimum atomic E-state index is -3.63. The molecule has 1 aromatic heterocycles. The van der Waals surface area contributed by atoms with Crippen molar-refractivity contribution >= 4 is 27.3 Å². The molecule has 0 amide bonds. The van der Waals surface area contributed by atoms with Gasteiger partial charge in [0.15, 0.2) is 9.90 Å². The fraction of sp³-hybridized carbons (Fsp3) is 0.500. The van der Waals surface area contributed by atoms with Gasteiger partial charge in [-0.25, -0.2) is 22.9 Å².